The summed E-state index contributed by atoms with van der Waals surface area (Å²) in [4.78, 5) is 35.7. The van der Waals surface area contributed by atoms with Gasteiger partial charge in [0, 0.05) is 36.5 Å². The number of carbonyl (C=O) groups excluding carboxylic acids is 1. The summed E-state index contributed by atoms with van der Waals surface area (Å²) in [6.45, 7) is -0.691. The lowest BCUT2D eigenvalue weighted by Crippen LogP contribution is -2.45. The molecule has 206 valence electrons. The second-order valence-electron chi connectivity index (χ2n) is 8.61. The van der Waals surface area contributed by atoms with Gasteiger partial charge < -0.3 is 10.4 Å². The van der Waals surface area contributed by atoms with E-state index in [9.17, 15) is 45.4 Å². The Morgan fingerprint density at radius 2 is 1.44 bits per heavy atom. The number of nitrogens with one attached hydrogen (secondary N) is 1. The molecule has 1 saturated heterocycles. The van der Waals surface area contributed by atoms with Crippen LogP contribution >= 0.6 is 0 Å². The summed E-state index contributed by atoms with van der Waals surface area (Å²) < 4.78 is 91.3. The van der Waals surface area contributed by atoms with Crippen LogP contribution in [0.5, 0.6) is 0 Å². The van der Waals surface area contributed by atoms with Crippen molar-refractivity contribution in [2.45, 2.75) is 37.5 Å². The average Bonchev–Trinajstić information content (AvgIpc) is 3.28. The highest BCUT2D eigenvalue weighted by molar-refractivity contribution is 5.86. The standard InChI is InChI=1S/C24H18F7N5O3/c25-15-7-18(36(11-15)22(38)39)21(37)34-8-12-5-16(13-1-3-19(32-9-13)23(26,27)28)35-17(6-12)14-2-4-20(33-10-14)24(29,30)31/h1-6,9-10,15,18H,7-8,11H2,(H,34,37)(H,38,39)/t15-,18+/m1/s1. The summed E-state index contributed by atoms with van der Waals surface area (Å²) in [5.74, 6) is -0.773. The molecule has 0 spiro atoms. The highest BCUT2D eigenvalue weighted by atomic mass is 19.4. The molecule has 2 N–H and O–H groups in total. The molecule has 0 bridgehead atoms. The summed E-state index contributed by atoms with van der Waals surface area (Å²) in [5.41, 5.74) is -1.50. The van der Waals surface area contributed by atoms with E-state index in [0.29, 0.717) is 10.5 Å². The normalized spacial score (nSPS) is 17.8. The van der Waals surface area contributed by atoms with E-state index in [1.807, 2.05) is 0 Å². The van der Waals surface area contributed by atoms with E-state index in [-0.39, 0.29) is 35.5 Å². The van der Waals surface area contributed by atoms with E-state index in [0.717, 1.165) is 36.7 Å². The highest BCUT2D eigenvalue weighted by Gasteiger charge is 2.40. The number of alkyl halides is 7. The Balaban J connectivity index is 1.65. The molecule has 4 rings (SSSR count). The molecular formula is C24H18F7N5O3. The van der Waals surface area contributed by atoms with Gasteiger partial charge in [0.2, 0.25) is 5.91 Å². The number of carbonyl (C=O) groups is 2. The lowest BCUT2D eigenvalue weighted by atomic mass is 10.1. The number of nitrogens with zero attached hydrogens (tertiary/aromatic N) is 4. The summed E-state index contributed by atoms with van der Waals surface area (Å²) in [6.07, 6.45) is -10.8. The fourth-order valence-electron chi connectivity index (χ4n) is 3.96. The number of likely N-dealkylation sites (tertiary alicyclic amines) is 1. The Labute approximate surface area is 215 Å². The van der Waals surface area contributed by atoms with Crippen LogP contribution in [0.3, 0.4) is 0 Å². The molecule has 2 amide bonds. The fraction of sp³-hybridized carbons (Fsp3) is 0.292. The third-order valence-corrected chi connectivity index (χ3v) is 5.85. The van der Waals surface area contributed by atoms with Crippen molar-refractivity contribution in [3.63, 3.8) is 0 Å². The van der Waals surface area contributed by atoms with Gasteiger partial charge in [0.25, 0.3) is 0 Å². The van der Waals surface area contributed by atoms with Gasteiger partial charge >= 0.3 is 18.4 Å². The molecule has 1 aliphatic heterocycles. The van der Waals surface area contributed by atoms with Crippen LogP contribution in [0.15, 0.2) is 48.8 Å². The first kappa shape index (κ1) is 27.7. The van der Waals surface area contributed by atoms with E-state index >= 15 is 0 Å². The number of carboxylic acid groups (broad SMARTS) is 1. The van der Waals surface area contributed by atoms with Crippen LogP contribution in [0.1, 0.15) is 23.4 Å². The van der Waals surface area contributed by atoms with Crippen molar-refractivity contribution in [1.29, 1.82) is 0 Å². The Hall–Kier alpha value is -4.30. The summed E-state index contributed by atoms with van der Waals surface area (Å²) >= 11 is 0. The smallest absolute Gasteiger partial charge is 0.433 e. The minimum Gasteiger partial charge on any atom is -0.465 e. The second kappa shape index (κ2) is 10.5. The largest absolute Gasteiger partial charge is 0.465 e. The minimum atomic E-state index is -4.68. The van der Waals surface area contributed by atoms with Crippen molar-refractivity contribution in [1.82, 2.24) is 25.2 Å². The van der Waals surface area contributed by atoms with Crippen LogP contribution in [0, 0.1) is 0 Å². The fourth-order valence-corrected chi connectivity index (χ4v) is 3.96. The molecule has 3 aromatic rings. The molecule has 8 nitrogen and oxygen atoms in total. The molecule has 15 heteroatoms. The topological polar surface area (TPSA) is 108 Å². The van der Waals surface area contributed by atoms with Crippen molar-refractivity contribution in [3.8, 4) is 22.5 Å². The molecule has 4 heterocycles. The van der Waals surface area contributed by atoms with Crippen molar-refractivity contribution in [2.24, 2.45) is 0 Å². The summed E-state index contributed by atoms with van der Waals surface area (Å²) in [5, 5.41) is 11.7. The summed E-state index contributed by atoms with van der Waals surface area (Å²) in [7, 11) is 0. The van der Waals surface area contributed by atoms with Crippen LogP contribution in [0.25, 0.3) is 22.5 Å². The third kappa shape index (κ3) is 6.41. The molecule has 0 aliphatic carbocycles. The van der Waals surface area contributed by atoms with Crippen LogP contribution in [-0.2, 0) is 23.7 Å². The van der Waals surface area contributed by atoms with Crippen molar-refractivity contribution < 1.29 is 45.4 Å². The average molecular weight is 557 g/mol. The number of halogens is 7. The van der Waals surface area contributed by atoms with Crippen LogP contribution in [0.2, 0.25) is 0 Å². The maximum atomic E-state index is 13.7. The Bertz CT molecular complexity index is 1290. The molecule has 0 unspecified atom stereocenters. The molecule has 39 heavy (non-hydrogen) atoms. The first-order valence-electron chi connectivity index (χ1n) is 11.2. The number of rotatable bonds is 5. The van der Waals surface area contributed by atoms with Gasteiger partial charge in [-0.25, -0.2) is 14.2 Å². The zero-order chi connectivity index (χ0) is 28.5. The molecular weight excluding hydrogens is 539 g/mol. The van der Waals surface area contributed by atoms with Crippen LogP contribution in [0.4, 0.5) is 35.5 Å². The van der Waals surface area contributed by atoms with Gasteiger partial charge in [0.1, 0.15) is 23.6 Å². The molecule has 0 saturated carbocycles. The predicted molar refractivity (Wildman–Crippen MR) is 121 cm³/mol. The molecule has 0 aromatic carbocycles. The minimum absolute atomic E-state index is 0.0923. The SMILES string of the molecule is O=C(NCc1cc(-c2ccc(C(F)(F)F)nc2)nc(-c2ccc(C(F)(F)F)nc2)c1)[C@@H]1C[C@@H](F)CN1C(=O)O. The Morgan fingerprint density at radius 3 is 1.85 bits per heavy atom. The highest BCUT2D eigenvalue weighted by Crippen LogP contribution is 2.31. The number of pyridine rings is 3. The molecule has 2 atom stereocenters. The van der Waals surface area contributed by atoms with Gasteiger partial charge in [0.05, 0.1) is 17.9 Å². The van der Waals surface area contributed by atoms with E-state index in [2.05, 4.69) is 20.3 Å². The second-order valence-corrected chi connectivity index (χ2v) is 8.61. The lowest BCUT2D eigenvalue weighted by Gasteiger charge is -2.20. The van der Waals surface area contributed by atoms with Crippen molar-refractivity contribution in [2.75, 3.05) is 6.54 Å². The number of hydrogen-bond acceptors (Lipinski definition) is 5. The van der Waals surface area contributed by atoms with E-state index in [1.165, 1.54) is 12.1 Å². The van der Waals surface area contributed by atoms with Gasteiger partial charge in [-0.05, 0) is 42.0 Å². The van der Waals surface area contributed by atoms with E-state index in [4.69, 9.17) is 0 Å². The van der Waals surface area contributed by atoms with E-state index < -0.39 is 54.5 Å². The first-order valence-corrected chi connectivity index (χ1v) is 11.2. The van der Waals surface area contributed by atoms with Crippen molar-refractivity contribution >= 4 is 12.0 Å². The zero-order valence-electron chi connectivity index (χ0n) is 19.6. The number of aromatic nitrogens is 3. The Kier molecular flexibility index (Phi) is 7.44. The van der Waals surface area contributed by atoms with Gasteiger partial charge in [-0.15, -0.1) is 0 Å². The number of hydrogen-bond donors (Lipinski definition) is 2. The molecule has 1 fully saturated rings. The van der Waals surface area contributed by atoms with Gasteiger partial charge in [-0.2, -0.15) is 26.3 Å². The Morgan fingerprint density at radius 1 is 0.923 bits per heavy atom. The lowest BCUT2D eigenvalue weighted by molar-refractivity contribution is -0.141. The zero-order valence-corrected chi connectivity index (χ0v) is 19.6. The predicted octanol–water partition coefficient (Wildman–Crippen LogP) is 4.95. The summed E-state index contributed by atoms with van der Waals surface area (Å²) in [6, 6.07) is 5.24. The maximum absolute atomic E-state index is 13.7. The number of amides is 2. The van der Waals surface area contributed by atoms with Gasteiger partial charge in [-0.3, -0.25) is 19.7 Å². The monoisotopic (exact) mass is 557 g/mol. The third-order valence-electron chi connectivity index (χ3n) is 5.85. The maximum Gasteiger partial charge on any atom is 0.433 e. The quantitative estimate of drug-likeness (QED) is 0.430. The van der Waals surface area contributed by atoms with Crippen LogP contribution in [-0.4, -0.2) is 55.7 Å². The molecule has 3 aromatic heterocycles. The van der Waals surface area contributed by atoms with Crippen LogP contribution < -0.4 is 5.32 Å². The van der Waals surface area contributed by atoms with Gasteiger partial charge in [0.15, 0.2) is 0 Å². The van der Waals surface area contributed by atoms with Crippen molar-refractivity contribution in [3.05, 3.63) is 65.7 Å². The molecule has 1 aliphatic rings. The van der Waals surface area contributed by atoms with Gasteiger partial charge in [-0.1, -0.05) is 0 Å². The first-order chi connectivity index (χ1) is 18.2. The molecule has 0 radical (unpaired) electrons. The van der Waals surface area contributed by atoms with E-state index in [1.54, 1.807) is 0 Å².